The summed E-state index contributed by atoms with van der Waals surface area (Å²) in [5.74, 6) is 0.161. The number of hydrogen-bond acceptors (Lipinski definition) is 4. The lowest BCUT2D eigenvalue weighted by molar-refractivity contribution is 0.0762. The molecule has 32 heavy (non-hydrogen) atoms. The SMILES string of the molecule is Cc1cc(C(=O)N2CCCN(C)CC2)ccc1-c1ccc(CN2CCCN(C)CC2)cc1. The zero-order valence-electron chi connectivity index (χ0n) is 20.0. The molecule has 1 amide bonds. The Balaban J connectivity index is 1.42. The molecule has 0 radical (unpaired) electrons. The van der Waals surface area contributed by atoms with Gasteiger partial charge in [0.25, 0.3) is 5.91 Å². The number of carbonyl (C=O) groups is 1. The van der Waals surface area contributed by atoms with E-state index in [-0.39, 0.29) is 5.91 Å². The van der Waals surface area contributed by atoms with Crippen molar-refractivity contribution in [2.45, 2.75) is 26.3 Å². The molecule has 0 bridgehead atoms. The second kappa shape index (κ2) is 10.6. The summed E-state index contributed by atoms with van der Waals surface area (Å²) < 4.78 is 0. The lowest BCUT2D eigenvalue weighted by Gasteiger charge is -2.21. The molecule has 172 valence electrons. The second-order valence-corrected chi connectivity index (χ2v) is 9.61. The summed E-state index contributed by atoms with van der Waals surface area (Å²) in [6, 6.07) is 15.2. The molecule has 0 unspecified atom stereocenters. The summed E-state index contributed by atoms with van der Waals surface area (Å²) in [6.45, 7) is 11.5. The van der Waals surface area contributed by atoms with Gasteiger partial charge in [-0.25, -0.2) is 0 Å². The van der Waals surface area contributed by atoms with E-state index < -0.39 is 0 Å². The van der Waals surface area contributed by atoms with E-state index in [1.807, 2.05) is 11.0 Å². The third kappa shape index (κ3) is 5.77. The number of hydrogen-bond donors (Lipinski definition) is 0. The van der Waals surface area contributed by atoms with Crippen molar-refractivity contribution in [3.8, 4) is 11.1 Å². The van der Waals surface area contributed by atoms with Gasteiger partial charge in [-0.3, -0.25) is 9.69 Å². The van der Waals surface area contributed by atoms with Crippen LogP contribution in [0.5, 0.6) is 0 Å². The van der Waals surface area contributed by atoms with Crippen LogP contribution < -0.4 is 0 Å². The maximum Gasteiger partial charge on any atom is 0.253 e. The standard InChI is InChI=1S/C27H38N4O/c1-22-20-25(27(32)31-15-5-13-29(3)17-19-31)10-11-26(22)24-8-6-23(7-9-24)21-30-14-4-12-28(2)16-18-30/h6-11,20H,4-5,12-19,21H2,1-3H3. The first kappa shape index (κ1) is 23.0. The minimum Gasteiger partial charge on any atom is -0.337 e. The van der Waals surface area contributed by atoms with Gasteiger partial charge in [0, 0.05) is 44.8 Å². The van der Waals surface area contributed by atoms with Gasteiger partial charge in [-0.15, -0.1) is 0 Å². The molecule has 2 aromatic carbocycles. The van der Waals surface area contributed by atoms with Crippen LogP contribution in [0.1, 0.15) is 34.3 Å². The highest BCUT2D eigenvalue weighted by atomic mass is 16.2. The van der Waals surface area contributed by atoms with Gasteiger partial charge in [-0.1, -0.05) is 30.3 Å². The van der Waals surface area contributed by atoms with Crippen LogP contribution in [0, 0.1) is 6.92 Å². The molecule has 2 fully saturated rings. The Morgan fingerprint density at radius 2 is 1.47 bits per heavy atom. The highest BCUT2D eigenvalue weighted by molar-refractivity contribution is 5.95. The third-order valence-electron chi connectivity index (χ3n) is 6.96. The maximum atomic E-state index is 13.0. The highest BCUT2D eigenvalue weighted by Gasteiger charge is 2.19. The summed E-state index contributed by atoms with van der Waals surface area (Å²) in [7, 11) is 4.34. The van der Waals surface area contributed by atoms with Crippen LogP contribution in [0.3, 0.4) is 0 Å². The van der Waals surface area contributed by atoms with Crippen molar-refractivity contribution in [3.63, 3.8) is 0 Å². The Morgan fingerprint density at radius 3 is 2.19 bits per heavy atom. The van der Waals surface area contributed by atoms with Crippen LogP contribution in [0.2, 0.25) is 0 Å². The van der Waals surface area contributed by atoms with Crippen molar-refractivity contribution in [2.24, 2.45) is 0 Å². The average Bonchev–Trinajstić information content (AvgIpc) is 3.13. The summed E-state index contributed by atoms with van der Waals surface area (Å²) in [6.07, 6.45) is 2.28. The molecule has 2 heterocycles. The molecular weight excluding hydrogens is 396 g/mol. The van der Waals surface area contributed by atoms with Crippen LogP contribution in [0.4, 0.5) is 0 Å². The minimum absolute atomic E-state index is 0.161. The fraction of sp³-hybridized carbons (Fsp3) is 0.519. The van der Waals surface area contributed by atoms with E-state index in [4.69, 9.17) is 0 Å². The lowest BCUT2D eigenvalue weighted by Crippen LogP contribution is -2.34. The summed E-state index contributed by atoms with van der Waals surface area (Å²) >= 11 is 0. The largest absolute Gasteiger partial charge is 0.337 e. The van der Waals surface area contributed by atoms with E-state index in [2.05, 4.69) is 72.1 Å². The smallest absolute Gasteiger partial charge is 0.253 e. The topological polar surface area (TPSA) is 30.0 Å². The van der Waals surface area contributed by atoms with Gasteiger partial charge < -0.3 is 14.7 Å². The van der Waals surface area contributed by atoms with Gasteiger partial charge in [0.05, 0.1) is 0 Å². The molecule has 2 aromatic rings. The van der Waals surface area contributed by atoms with Gasteiger partial charge >= 0.3 is 0 Å². The predicted molar refractivity (Wildman–Crippen MR) is 132 cm³/mol. The van der Waals surface area contributed by atoms with E-state index >= 15 is 0 Å². The number of likely N-dealkylation sites (N-methyl/N-ethyl adjacent to an activating group) is 2. The van der Waals surface area contributed by atoms with Crippen molar-refractivity contribution in [1.29, 1.82) is 0 Å². The number of rotatable bonds is 4. The van der Waals surface area contributed by atoms with E-state index in [1.54, 1.807) is 0 Å². The van der Waals surface area contributed by atoms with Crippen molar-refractivity contribution in [1.82, 2.24) is 19.6 Å². The van der Waals surface area contributed by atoms with Crippen LogP contribution in [0.15, 0.2) is 42.5 Å². The first-order chi connectivity index (χ1) is 15.5. The zero-order chi connectivity index (χ0) is 22.5. The van der Waals surface area contributed by atoms with Crippen molar-refractivity contribution in [2.75, 3.05) is 66.5 Å². The normalized spacial score (nSPS) is 19.5. The van der Waals surface area contributed by atoms with Crippen LogP contribution in [-0.2, 0) is 6.54 Å². The number of aryl methyl sites for hydroxylation is 1. The fourth-order valence-corrected chi connectivity index (χ4v) is 4.86. The summed E-state index contributed by atoms with van der Waals surface area (Å²) in [4.78, 5) is 22.3. The first-order valence-corrected chi connectivity index (χ1v) is 12.1. The van der Waals surface area contributed by atoms with Crippen LogP contribution >= 0.6 is 0 Å². The maximum absolute atomic E-state index is 13.0. The molecule has 0 N–H and O–H groups in total. The predicted octanol–water partition coefficient (Wildman–Crippen LogP) is 3.58. The average molecular weight is 435 g/mol. The van der Waals surface area contributed by atoms with Crippen molar-refractivity contribution < 1.29 is 4.79 Å². The van der Waals surface area contributed by atoms with Gasteiger partial charge in [0.1, 0.15) is 0 Å². The first-order valence-electron chi connectivity index (χ1n) is 12.1. The highest BCUT2D eigenvalue weighted by Crippen LogP contribution is 2.26. The van der Waals surface area contributed by atoms with E-state index in [0.29, 0.717) is 0 Å². The molecule has 0 saturated carbocycles. The van der Waals surface area contributed by atoms with Crippen LogP contribution in [-0.4, -0.2) is 92.0 Å². The van der Waals surface area contributed by atoms with Gasteiger partial charge in [-0.2, -0.15) is 0 Å². The molecule has 2 saturated heterocycles. The second-order valence-electron chi connectivity index (χ2n) is 9.61. The number of amides is 1. The molecule has 0 spiro atoms. The van der Waals surface area contributed by atoms with Gasteiger partial charge in [-0.05, 0) is 87.9 Å². The molecule has 5 heteroatoms. The Labute approximate surface area is 193 Å². The van der Waals surface area contributed by atoms with Crippen molar-refractivity contribution >= 4 is 5.91 Å². The summed E-state index contributed by atoms with van der Waals surface area (Å²) in [5.41, 5.74) is 5.76. The quantitative estimate of drug-likeness (QED) is 0.736. The fourth-order valence-electron chi connectivity index (χ4n) is 4.86. The third-order valence-corrected chi connectivity index (χ3v) is 6.96. The molecule has 5 nitrogen and oxygen atoms in total. The number of nitrogens with zero attached hydrogens (tertiary/aromatic N) is 4. The molecule has 0 aliphatic carbocycles. The Kier molecular flexibility index (Phi) is 7.61. The number of carbonyl (C=O) groups excluding carboxylic acids is 1. The lowest BCUT2D eigenvalue weighted by atomic mass is 9.97. The molecule has 0 aromatic heterocycles. The van der Waals surface area contributed by atoms with E-state index in [9.17, 15) is 4.79 Å². The summed E-state index contributed by atoms with van der Waals surface area (Å²) in [5, 5.41) is 0. The van der Waals surface area contributed by atoms with E-state index in [0.717, 1.165) is 63.4 Å². The molecule has 4 rings (SSSR count). The van der Waals surface area contributed by atoms with E-state index in [1.165, 1.54) is 36.2 Å². The van der Waals surface area contributed by atoms with Crippen LogP contribution in [0.25, 0.3) is 11.1 Å². The zero-order valence-corrected chi connectivity index (χ0v) is 20.0. The van der Waals surface area contributed by atoms with Gasteiger partial charge in [0.15, 0.2) is 0 Å². The number of benzene rings is 2. The Hall–Kier alpha value is -2.21. The Morgan fingerprint density at radius 1 is 0.781 bits per heavy atom. The minimum atomic E-state index is 0.161. The molecule has 2 aliphatic rings. The molecule has 2 aliphatic heterocycles. The molecule has 0 atom stereocenters. The van der Waals surface area contributed by atoms with Gasteiger partial charge in [0.2, 0.25) is 0 Å². The monoisotopic (exact) mass is 434 g/mol. The van der Waals surface area contributed by atoms with Crippen molar-refractivity contribution in [3.05, 3.63) is 59.2 Å². The molecular formula is C27H38N4O. The Bertz CT molecular complexity index is 910.